The molecule has 0 bridgehead atoms. The van der Waals surface area contributed by atoms with Crippen LogP contribution in [0.3, 0.4) is 0 Å². The summed E-state index contributed by atoms with van der Waals surface area (Å²) in [5.74, 6) is -0.767. The lowest BCUT2D eigenvalue weighted by Gasteiger charge is -2.32. The number of ether oxygens (including phenoxy) is 2. The number of anilines is 1. The van der Waals surface area contributed by atoms with Crippen molar-refractivity contribution in [1.82, 2.24) is 15.4 Å². The third-order valence-corrected chi connectivity index (χ3v) is 2.79. The van der Waals surface area contributed by atoms with Crippen LogP contribution in [-0.4, -0.2) is 41.3 Å². The topological polar surface area (TPSA) is 117 Å². The lowest BCUT2D eigenvalue weighted by Crippen LogP contribution is -2.49. The lowest BCUT2D eigenvalue weighted by molar-refractivity contribution is 0.0511. The number of hydrazine groups is 1. The number of nitrogens with zero attached hydrogens (tertiary/aromatic N) is 4. The van der Waals surface area contributed by atoms with E-state index in [1.54, 1.807) is 20.8 Å². The molecule has 0 saturated heterocycles. The summed E-state index contributed by atoms with van der Waals surface area (Å²) >= 11 is 0. The van der Waals surface area contributed by atoms with Gasteiger partial charge in [-0.2, -0.15) is 10.2 Å². The Kier molecular flexibility index (Phi) is 6.50. The molecule has 0 aromatic carbocycles. The number of carbonyl (C=O) groups is 2. The Morgan fingerprint density at radius 3 is 2.35 bits per heavy atom. The highest BCUT2D eigenvalue weighted by molar-refractivity contribution is 5.94. The minimum Gasteiger partial charge on any atom is -0.465 e. The molecule has 1 rings (SSSR count). The monoisotopic (exact) mass is 363 g/mol. The van der Waals surface area contributed by atoms with Gasteiger partial charge in [-0.15, -0.1) is 0 Å². The molecule has 1 amide bonds. The zero-order valence-electron chi connectivity index (χ0n) is 16.2. The van der Waals surface area contributed by atoms with Crippen molar-refractivity contribution in [2.24, 2.45) is 5.41 Å². The van der Waals surface area contributed by atoms with Gasteiger partial charge in [-0.25, -0.2) is 20.0 Å². The Hall–Kier alpha value is -2.89. The fourth-order valence-corrected chi connectivity index (χ4v) is 1.94. The summed E-state index contributed by atoms with van der Waals surface area (Å²) in [7, 11) is 1.22. The van der Waals surface area contributed by atoms with Crippen molar-refractivity contribution >= 4 is 17.9 Å². The lowest BCUT2D eigenvalue weighted by atomic mass is 9.96. The number of rotatable bonds is 4. The molecule has 0 radical (unpaired) electrons. The molecule has 0 unspecified atom stereocenters. The Labute approximate surface area is 153 Å². The van der Waals surface area contributed by atoms with Crippen LogP contribution in [0.5, 0.6) is 0 Å². The Morgan fingerprint density at radius 1 is 1.27 bits per heavy atom. The van der Waals surface area contributed by atoms with Crippen molar-refractivity contribution in [3.63, 3.8) is 0 Å². The number of hydrogen-bond acceptors (Lipinski definition) is 8. The maximum absolute atomic E-state index is 12.2. The van der Waals surface area contributed by atoms with Crippen LogP contribution in [0.25, 0.3) is 0 Å². The van der Waals surface area contributed by atoms with E-state index in [0.29, 0.717) is 0 Å². The molecule has 0 aliphatic carbocycles. The van der Waals surface area contributed by atoms with Crippen molar-refractivity contribution < 1.29 is 19.1 Å². The van der Waals surface area contributed by atoms with Gasteiger partial charge in [0.1, 0.15) is 17.2 Å². The van der Waals surface area contributed by atoms with Crippen LogP contribution in [0.1, 0.15) is 57.7 Å². The smallest absolute Gasteiger partial charge is 0.426 e. The van der Waals surface area contributed by atoms with Crippen molar-refractivity contribution in [1.29, 1.82) is 5.26 Å². The highest BCUT2D eigenvalue weighted by Crippen LogP contribution is 2.23. The number of nitrogens with one attached hydrogen (secondary N) is 1. The average molecular weight is 363 g/mol. The largest absolute Gasteiger partial charge is 0.465 e. The van der Waals surface area contributed by atoms with Crippen LogP contribution in [0.2, 0.25) is 0 Å². The Bertz CT molecular complexity index is 713. The molecule has 0 atom stereocenters. The number of carbonyl (C=O) groups excluding carboxylic acids is 2. The summed E-state index contributed by atoms with van der Waals surface area (Å²) in [4.78, 5) is 32.2. The molecule has 142 valence electrons. The molecular weight excluding hydrogens is 338 g/mol. The highest BCUT2D eigenvalue weighted by Gasteiger charge is 2.27. The van der Waals surface area contributed by atoms with Crippen LogP contribution in [0.15, 0.2) is 6.20 Å². The van der Waals surface area contributed by atoms with Crippen molar-refractivity contribution in [3.8, 4) is 6.07 Å². The molecule has 0 spiro atoms. The van der Waals surface area contributed by atoms with Gasteiger partial charge in [-0.1, -0.05) is 20.8 Å². The molecule has 1 aromatic rings. The average Bonchev–Trinajstić information content (AvgIpc) is 2.49. The second-order valence-corrected chi connectivity index (χ2v) is 7.79. The Morgan fingerprint density at radius 2 is 1.88 bits per heavy atom. The third kappa shape index (κ3) is 6.55. The van der Waals surface area contributed by atoms with Gasteiger partial charge in [0.2, 0.25) is 5.82 Å². The van der Waals surface area contributed by atoms with E-state index in [0.717, 1.165) is 0 Å². The minimum atomic E-state index is -0.713. The summed E-state index contributed by atoms with van der Waals surface area (Å²) in [6, 6.07) is 1.82. The molecule has 1 heterocycles. The van der Waals surface area contributed by atoms with Gasteiger partial charge in [0.15, 0.2) is 5.82 Å². The molecule has 9 heteroatoms. The SMILES string of the molecule is COC(=O)c1cnc(C#N)nc1N(CC(C)(C)C)NC(=O)OC(C)(C)C. The fraction of sp³-hybridized carbons (Fsp3) is 0.588. The van der Waals surface area contributed by atoms with Crippen LogP contribution in [0, 0.1) is 16.7 Å². The van der Waals surface area contributed by atoms with Gasteiger partial charge in [-0.3, -0.25) is 5.01 Å². The van der Waals surface area contributed by atoms with Gasteiger partial charge in [0, 0.05) is 12.7 Å². The van der Waals surface area contributed by atoms with Crippen LogP contribution < -0.4 is 10.4 Å². The molecule has 1 N–H and O–H groups in total. The highest BCUT2D eigenvalue weighted by atomic mass is 16.6. The second kappa shape index (κ2) is 7.99. The first-order valence-electron chi connectivity index (χ1n) is 7.99. The number of methoxy groups -OCH3 is 1. The summed E-state index contributed by atoms with van der Waals surface area (Å²) < 4.78 is 10.0. The first-order valence-corrected chi connectivity index (χ1v) is 7.99. The van der Waals surface area contributed by atoms with Gasteiger partial charge >= 0.3 is 12.1 Å². The van der Waals surface area contributed by atoms with Gasteiger partial charge in [0.05, 0.1) is 7.11 Å². The van der Waals surface area contributed by atoms with E-state index in [9.17, 15) is 9.59 Å². The fourth-order valence-electron chi connectivity index (χ4n) is 1.94. The predicted octanol–water partition coefficient (Wildman–Crippen LogP) is 2.43. The number of aromatic nitrogens is 2. The number of hydrogen-bond donors (Lipinski definition) is 1. The van der Waals surface area contributed by atoms with E-state index in [4.69, 9.17) is 14.7 Å². The maximum atomic E-state index is 12.2. The maximum Gasteiger partial charge on any atom is 0.426 e. The van der Waals surface area contributed by atoms with E-state index < -0.39 is 17.7 Å². The zero-order valence-corrected chi connectivity index (χ0v) is 16.2. The van der Waals surface area contributed by atoms with Gasteiger partial charge in [-0.05, 0) is 26.2 Å². The van der Waals surface area contributed by atoms with Crippen molar-refractivity contribution in [3.05, 3.63) is 17.6 Å². The number of amides is 1. The standard InChI is InChI=1S/C17H25N5O4/c1-16(2,3)10-22(21-15(24)26-17(4,5)6)13-11(14(23)25-7)9-19-12(8-18)20-13/h9H,10H2,1-7H3,(H,21,24). The summed E-state index contributed by atoms with van der Waals surface area (Å²) in [5, 5.41) is 10.4. The second-order valence-electron chi connectivity index (χ2n) is 7.79. The van der Waals surface area contributed by atoms with E-state index in [1.807, 2.05) is 26.8 Å². The van der Waals surface area contributed by atoms with Crippen molar-refractivity contribution in [2.75, 3.05) is 18.7 Å². The van der Waals surface area contributed by atoms with Crippen LogP contribution in [-0.2, 0) is 9.47 Å². The predicted molar refractivity (Wildman–Crippen MR) is 94.3 cm³/mol. The van der Waals surface area contributed by atoms with E-state index in [1.165, 1.54) is 18.3 Å². The molecule has 0 aliphatic heterocycles. The molecule has 1 aromatic heterocycles. The van der Waals surface area contributed by atoms with Gasteiger partial charge in [0.25, 0.3) is 0 Å². The third-order valence-electron chi connectivity index (χ3n) is 2.79. The molecule has 26 heavy (non-hydrogen) atoms. The van der Waals surface area contributed by atoms with E-state index in [-0.39, 0.29) is 29.2 Å². The summed E-state index contributed by atoms with van der Waals surface area (Å²) in [6.45, 7) is 11.3. The summed E-state index contributed by atoms with van der Waals surface area (Å²) in [6.07, 6.45) is 0.480. The Balaban J connectivity index is 3.35. The molecule has 0 aliphatic rings. The quantitative estimate of drug-likeness (QED) is 0.640. The zero-order chi connectivity index (χ0) is 20.1. The minimum absolute atomic E-state index is 0.0202. The summed E-state index contributed by atoms with van der Waals surface area (Å²) in [5.41, 5.74) is 1.62. The normalized spacial score (nSPS) is 11.3. The first kappa shape index (κ1) is 21.2. The molecule has 9 nitrogen and oxygen atoms in total. The first-order chi connectivity index (χ1) is 11.9. The van der Waals surface area contributed by atoms with Gasteiger partial charge < -0.3 is 9.47 Å². The number of esters is 1. The molecule has 0 saturated carbocycles. The van der Waals surface area contributed by atoms with E-state index in [2.05, 4.69) is 15.4 Å². The van der Waals surface area contributed by atoms with E-state index >= 15 is 0 Å². The van der Waals surface area contributed by atoms with Crippen LogP contribution in [0.4, 0.5) is 10.6 Å². The molecule has 0 fully saturated rings. The number of nitriles is 1. The van der Waals surface area contributed by atoms with Crippen molar-refractivity contribution in [2.45, 2.75) is 47.1 Å². The molecular formula is C17H25N5O4. The van der Waals surface area contributed by atoms with Crippen LogP contribution >= 0.6 is 0 Å².